The second-order valence-corrected chi connectivity index (χ2v) is 7.24. The minimum absolute atomic E-state index is 0.0890. The first-order valence-corrected chi connectivity index (χ1v) is 8.82. The van der Waals surface area contributed by atoms with E-state index in [9.17, 15) is 8.42 Å². The van der Waals surface area contributed by atoms with Gasteiger partial charge < -0.3 is 10.6 Å². The summed E-state index contributed by atoms with van der Waals surface area (Å²) in [5, 5.41) is 0. The van der Waals surface area contributed by atoms with Gasteiger partial charge in [0, 0.05) is 37.9 Å². The minimum Gasteiger partial charge on any atom is -0.369 e. The molecule has 1 aromatic rings. The van der Waals surface area contributed by atoms with Crippen LogP contribution in [0.1, 0.15) is 24.9 Å². The zero-order valence-electron chi connectivity index (χ0n) is 12.1. The third kappa shape index (κ3) is 3.50. The Morgan fingerprint density at radius 2 is 1.70 bits per heavy atom. The van der Waals surface area contributed by atoms with Gasteiger partial charge in [0.25, 0.3) is 0 Å². The summed E-state index contributed by atoms with van der Waals surface area (Å²) >= 11 is 0. The van der Waals surface area contributed by atoms with Crippen molar-refractivity contribution in [2.75, 3.05) is 37.3 Å². The molecule has 1 aromatic carbocycles. The van der Waals surface area contributed by atoms with Crippen molar-refractivity contribution in [3.05, 3.63) is 29.8 Å². The molecule has 0 aliphatic carbocycles. The number of anilines is 1. The van der Waals surface area contributed by atoms with E-state index in [0.29, 0.717) is 13.1 Å². The maximum Gasteiger partial charge on any atom is 0.211 e. The fraction of sp³-hybridized carbons (Fsp3) is 0.571. The van der Waals surface area contributed by atoms with Crippen LogP contribution < -0.4 is 10.6 Å². The molecule has 0 spiro atoms. The zero-order chi connectivity index (χ0) is 14.8. The number of nitrogens with zero attached hydrogens (tertiary/aromatic N) is 2. The summed E-state index contributed by atoms with van der Waals surface area (Å²) in [4.78, 5) is 2.21. The SMILES string of the molecule is CC[C@H](N)c1ccc(N2CCN(S(C)(=O)=O)CC2)cc1. The third-order valence-corrected chi connectivity index (χ3v) is 5.14. The molecule has 1 saturated heterocycles. The zero-order valence-corrected chi connectivity index (χ0v) is 12.9. The maximum atomic E-state index is 11.5. The Morgan fingerprint density at radius 3 is 2.15 bits per heavy atom. The van der Waals surface area contributed by atoms with Crippen LogP contribution >= 0.6 is 0 Å². The molecular formula is C14H23N3O2S. The number of piperazine rings is 1. The highest BCUT2D eigenvalue weighted by Crippen LogP contribution is 2.21. The lowest BCUT2D eigenvalue weighted by Crippen LogP contribution is -2.48. The van der Waals surface area contributed by atoms with E-state index >= 15 is 0 Å². The first-order chi connectivity index (χ1) is 9.41. The summed E-state index contributed by atoms with van der Waals surface area (Å²) < 4.78 is 24.5. The molecular weight excluding hydrogens is 274 g/mol. The van der Waals surface area contributed by atoms with Crippen molar-refractivity contribution in [1.29, 1.82) is 0 Å². The van der Waals surface area contributed by atoms with E-state index in [4.69, 9.17) is 5.73 Å². The Labute approximate surface area is 121 Å². The van der Waals surface area contributed by atoms with E-state index in [-0.39, 0.29) is 6.04 Å². The molecule has 6 heteroatoms. The molecule has 0 aromatic heterocycles. The second-order valence-electron chi connectivity index (χ2n) is 5.26. The molecule has 5 nitrogen and oxygen atoms in total. The lowest BCUT2D eigenvalue weighted by Gasteiger charge is -2.34. The van der Waals surface area contributed by atoms with Gasteiger partial charge >= 0.3 is 0 Å². The van der Waals surface area contributed by atoms with Crippen molar-refractivity contribution >= 4 is 15.7 Å². The van der Waals surface area contributed by atoms with Gasteiger partial charge in [-0.25, -0.2) is 8.42 Å². The van der Waals surface area contributed by atoms with E-state index < -0.39 is 10.0 Å². The van der Waals surface area contributed by atoms with E-state index in [0.717, 1.165) is 30.8 Å². The fourth-order valence-electron chi connectivity index (χ4n) is 2.45. The average molecular weight is 297 g/mol. The highest BCUT2D eigenvalue weighted by molar-refractivity contribution is 7.88. The molecule has 0 amide bonds. The Morgan fingerprint density at radius 1 is 1.15 bits per heavy atom. The number of sulfonamides is 1. The first-order valence-electron chi connectivity index (χ1n) is 6.97. The van der Waals surface area contributed by atoms with Gasteiger partial charge in [-0.15, -0.1) is 0 Å². The molecule has 0 radical (unpaired) electrons. The molecule has 0 bridgehead atoms. The van der Waals surface area contributed by atoms with Gasteiger partial charge in [-0.1, -0.05) is 19.1 Å². The van der Waals surface area contributed by atoms with Crippen LogP contribution in [0.2, 0.25) is 0 Å². The molecule has 0 saturated carbocycles. The number of nitrogens with two attached hydrogens (primary N) is 1. The summed E-state index contributed by atoms with van der Waals surface area (Å²) in [5.41, 5.74) is 8.28. The summed E-state index contributed by atoms with van der Waals surface area (Å²) in [6.45, 7) is 4.63. The first kappa shape index (κ1) is 15.3. The lowest BCUT2D eigenvalue weighted by atomic mass is 10.0. The van der Waals surface area contributed by atoms with Crippen LogP contribution in [0.25, 0.3) is 0 Å². The van der Waals surface area contributed by atoms with Crippen molar-refractivity contribution in [2.24, 2.45) is 5.73 Å². The topological polar surface area (TPSA) is 66.6 Å². The van der Waals surface area contributed by atoms with Crippen molar-refractivity contribution in [3.8, 4) is 0 Å². The molecule has 1 aliphatic rings. The van der Waals surface area contributed by atoms with Crippen molar-refractivity contribution in [1.82, 2.24) is 4.31 Å². The molecule has 1 fully saturated rings. The lowest BCUT2D eigenvalue weighted by molar-refractivity contribution is 0.388. The number of hydrogen-bond acceptors (Lipinski definition) is 4. The number of benzene rings is 1. The maximum absolute atomic E-state index is 11.5. The minimum atomic E-state index is -3.06. The van der Waals surface area contributed by atoms with E-state index in [1.807, 2.05) is 0 Å². The van der Waals surface area contributed by atoms with E-state index in [1.54, 1.807) is 0 Å². The molecule has 2 rings (SSSR count). The molecule has 112 valence electrons. The number of hydrogen-bond donors (Lipinski definition) is 1. The Kier molecular flexibility index (Phi) is 4.67. The second kappa shape index (κ2) is 6.11. The molecule has 1 heterocycles. The van der Waals surface area contributed by atoms with Gasteiger partial charge in [-0.2, -0.15) is 4.31 Å². The van der Waals surface area contributed by atoms with Gasteiger partial charge in [0.05, 0.1) is 6.26 Å². The smallest absolute Gasteiger partial charge is 0.211 e. The molecule has 20 heavy (non-hydrogen) atoms. The molecule has 1 atom stereocenters. The summed E-state index contributed by atoms with van der Waals surface area (Å²) in [6, 6.07) is 8.35. The predicted octanol–water partition coefficient (Wildman–Crippen LogP) is 1.18. The van der Waals surface area contributed by atoms with Crippen molar-refractivity contribution < 1.29 is 8.42 Å². The van der Waals surface area contributed by atoms with Crippen LogP contribution in [0.15, 0.2) is 24.3 Å². The monoisotopic (exact) mass is 297 g/mol. The van der Waals surface area contributed by atoms with Crippen LogP contribution in [-0.4, -0.2) is 45.2 Å². The van der Waals surface area contributed by atoms with E-state index in [2.05, 4.69) is 36.1 Å². The fourth-order valence-corrected chi connectivity index (χ4v) is 3.27. The predicted molar refractivity (Wildman–Crippen MR) is 82.3 cm³/mol. The normalized spacial score (nSPS) is 19.1. The highest BCUT2D eigenvalue weighted by atomic mass is 32.2. The van der Waals surface area contributed by atoms with Gasteiger partial charge in [0.15, 0.2) is 0 Å². The Balaban J connectivity index is 2.00. The summed E-state index contributed by atoms with van der Waals surface area (Å²) in [7, 11) is -3.06. The van der Waals surface area contributed by atoms with Gasteiger partial charge in [0.1, 0.15) is 0 Å². The standard InChI is InChI=1S/C14H23N3O2S/c1-3-14(15)12-4-6-13(7-5-12)16-8-10-17(11-9-16)20(2,18)19/h4-7,14H,3,8-11,15H2,1-2H3/t14-/m0/s1. The van der Waals surface area contributed by atoms with Crippen LogP contribution in [0, 0.1) is 0 Å². The van der Waals surface area contributed by atoms with Gasteiger partial charge in [-0.3, -0.25) is 0 Å². The van der Waals surface area contributed by atoms with Crippen molar-refractivity contribution in [3.63, 3.8) is 0 Å². The quantitative estimate of drug-likeness (QED) is 0.906. The van der Waals surface area contributed by atoms with Crippen LogP contribution in [-0.2, 0) is 10.0 Å². The number of rotatable bonds is 4. The molecule has 1 aliphatic heterocycles. The molecule has 0 unspecified atom stereocenters. The Bertz CT molecular complexity index is 534. The van der Waals surface area contributed by atoms with E-state index in [1.165, 1.54) is 10.6 Å². The highest BCUT2D eigenvalue weighted by Gasteiger charge is 2.23. The molecule has 2 N–H and O–H groups in total. The van der Waals surface area contributed by atoms with Gasteiger partial charge in [-0.05, 0) is 24.1 Å². The summed E-state index contributed by atoms with van der Waals surface area (Å²) in [5.74, 6) is 0. The summed E-state index contributed by atoms with van der Waals surface area (Å²) in [6.07, 6.45) is 2.19. The average Bonchev–Trinajstić information content (AvgIpc) is 2.46. The van der Waals surface area contributed by atoms with Crippen LogP contribution in [0.5, 0.6) is 0 Å². The largest absolute Gasteiger partial charge is 0.369 e. The van der Waals surface area contributed by atoms with Gasteiger partial charge in [0.2, 0.25) is 10.0 Å². The van der Waals surface area contributed by atoms with Crippen LogP contribution in [0.3, 0.4) is 0 Å². The van der Waals surface area contributed by atoms with Crippen LogP contribution in [0.4, 0.5) is 5.69 Å². The Hall–Kier alpha value is -1.11. The van der Waals surface area contributed by atoms with Crippen molar-refractivity contribution in [2.45, 2.75) is 19.4 Å². The third-order valence-electron chi connectivity index (χ3n) is 3.83.